The molecule has 170 valence electrons. The van der Waals surface area contributed by atoms with Crippen LogP contribution in [0.1, 0.15) is 48.5 Å². The summed E-state index contributed by atoms with van der Waals surface area (Å²) in [5.41, 5.74) is 4.73. The maximum atomic E-state index is 13.8. The quantitative estimate of drug-likeness (QED) is 0.431. The minimum atomic E-state index is -0.190. The Hall–Kier alpha value is -3.35. The third-order valence-electron chi connectivity index (χ3n) is 7.19. The molecule has 7 heteroatoms. The van der Waals surface area contributed by atoms with E-state index in [0.717, 1.165) is 73.2 Å². The van der Waals surface area contributed by atoms with Gasteiger partial charge in [0.25, 0.3) is 0 Å². The largest absolute Gasteiger partial charge is 0.466 e. The Morgan fingerprint density at radius 3 is 2.64 bits per heavy atom. The third-order valence-corrected chi connectivity index (χ3v) is 7.19. The van der Waals surface area contributed by atoms with E-state index in [1.807, 2.05) is 31.2 Å². The van der Waals surface area contributed by atoms with E-state index in [-0.39, 0.29) is 17.7 Å². The summed E-state index contributed by atoms with van der Waals surface area (Å²) in [5, 5.41) is 5.26. The number of hydrogen-bond donors (Lipinski definition) is 0. The molecule has 0 amide bonds. The number of carbonyl (C=O) groups excluding carboxylic acids is 2. The molecular formula is C26H27N3O4. The lowest BCUT2D eigenvalue weighted by atomic mass is 9.85. The van der Waals surface area contributed by atoms with Gasteiger partial charge >= 0.3 is 5.97 Å². The third kappa shape index (κ3) is 3.13. The second kappa shape index (κ2) is 7.90. The summed E-state index contributed by atoms with van der Waals surface area (Å²) in [6.45, 7) is 5.49. The number of aromatic nitrogens is 1. The van der Waals surface area contributed by atoms with Crippen molar-refractivity contribution < 1.29 is 18.8 Å². The zero-order valence-electron chi connectivity index (χ0n) is 18.8. The lowest BCUT2D eigenvalue weighted by molar-refractivity contribution is -0.148. The second-order valence-electron chi connectivity index (χ2n) is 9.13. The van der Waals surface area contributed by atoms with E-state index >= 15 is 0 Å². The predicted octanol–water partition coefficient (Wildman–Crippen LogP) is 4.42. The molecule has 3 aromatic rings. The Balaban J connectivity index is 1.54. The fourth-order valence-electron chi connectivity index (χ4n) is 5.62. The maximum Gasteiger partial charge on any atom is 0.310 e. The normalized spacial score (nSPS) is 19.8. The summed E-state index contributed by atoms with van der Waals surface area (Å²) in [4.78, 5) is 30.9. The van der Waals surface area contributed by atoms with Gasteiger partial charge in [-0.25, -0.2) is 0 Å². The van der Waals surface area contributed by atoms with Crippen LogP contribution in [0.5, 0.6) is 0 Å². The van der Waals surface area contributed by atoms with E-state index in [9.17, 15) is 9.59 Å². The van der Waals surface area contributed by atoms with E-state index in [2.05, 4.69) is 21.0 Å². The SMILES string of the molecule is CCOC(=O)[C@H]1CCCN(c2cc(N3CCCC3)c3noc4c3c2C(=O)c2ccccc2-4)C1. The number of carbonyl (C=O) groups is 2. The molecule has 0 radical (unpaired) electrons. The number of ketones is 1. The Morgan fingerprint density at radius 1 is 1.09 bits per heavy atom. The Bertz CT molecular complexity index is 1260. The minimum absolute atomic E-state index is 0.00692. The zero-order valence-corrected chi connectivity index (χ0v) is 18.8. The van der Waals surface area contributed by atoms with Crippen molar-refractivity contribution in [1.29, 1.82) is 0 Å². The highest BCUT2D eigenvalue weighted by molar-refractivity contribution is 6.28. The smallest absolute Gasteiger partial charge is 0.310 e. The Kier molecular flexibility index (Phi) is 4.85. The fraction of sp³-hybridized carbons (Fsp3) is 0.423. The lowest BCUT2D eigenvalue weighted by Gasteiger charge is -2.35. The van der Waals surface area contributed by atoms with Gasteiger partial charge in [0.05, 0.1) is 34.8 Å². The molecule has 0 saturated carbocycles. The summed E-state index contributed by atoms with van der Waals surface area (Å²) in [7, 11) is 0. The topological polar surface area (TPSA) is 75.9 Å². The molecule has 0 N–H and O–H groups in total. The van der Waals surface area contributed by atoms with Crippen LogP contribution in [0.4, 0.5) is 11.4 Å². The Morgan fingerprint density at radius 2 is 1.85 bits per heavy atom. The molecule has 2 aliphatic heterocycles. The van der Waals surface area contributed by atoms with E-state index < -0.39 is 0 Å². The van der Waals surface area contributed by atoms with Crippen LogP contribution in [0, 0.1) is 5.92 Å². The van der Waals surface area contributed by atoms with Crippen molar-refractivity contribution in [3.63, 3.8) is 0 Å². The molecule has 2 aromatic carbocycles. The first-order chi connectivity index (χ1) is 16.2. The van der Waals surface area contributed by atoms with Crippen LogP contribution in [0.25, 0.3) is 22.2 Å². The average molecular weight is 446 g/mol. The summed E-state index contributed by atoms with van der Waals surface area (Å²) >= 11 is 0. The van der Waals surface area contributed by atoms with Gasteiger partial charge in [-0.3, -0.25) is 9.59 Å². The van der Waals surface area contributed by atoms with Gasteiger partial charge in [-0.05, 0) is 38.7 Å². The minimum Gasteiger partial charge on any atom is -0.466 e. The zero-order chi connectivity index (χ0) is 22.5. The number of anilines is 2. The van der Waals surface area contributed by atoms with Gasteiger partial charge in [-0.2, -0.15) is 0 Å². The molecule has 1 atom stereocenters. The van der Waals surface area contributed by atoms with E-state index in [4.69, 9.17) is 9.26 Å². The molecular weight excluding hydrogens is 418 g/mol. The monoisotopic (exact) mass is 445 g/mol. The van der Waals surface area contributed by atoms with E-state index in [0.29, 0.717) is 30.0 Å². The van der Waals surface area contributed by atoms with Gasteiger partial charge in [-0.1, -0.05) is 29.4 Å². The van der Waals surface area contributed by atoms with Crippen LogP contribution in [-0.2, 0) is 9.53 Å². The highest BCUT2D eigenvalue weighted by Gasteiger charge is 2.37. The van der Waals surface area contributed by atoms with Crippen molar-refractivity contribution in [2.24, 2.45) is 5.92 Å². The van der Waals surface area contributed by atoms with Gasteiger partial charge in [0, 0.05) is 37.3 Å². The second-order valence-corrected chi connectivity index (χ2v) is 9.13. The van der Waals surface area contributed by atoms with Gasteiger partial charge in [0.2, 0.25) is 0 Å². The molecule has 1 aromatic heterocycles. The average Bonchev–Trinajstić information content (AvgIpc) is 3.53. The van der Waals surface area contributed by atoms with Crippen molar-refractivity contribution in [2.45, 2.75) is 32.6 Å². The molecule has 2 fully saturated rings. The molecule has 0 bridgehead atoms. The lowest BCUT2D eigenvalue weighted by Crippen LogP contribution is -2.40. The van der Waals surface area contributed by atoms with Crippen molar-refractivity contribution in [3.05, 3.63) is 41.5 Å². The van der Waals surface area contributed by atoms with Crippen LogP contribution < -0.4 is 9.80 Å². The fourth-order valence-corrected chi connectivity index (χ4v) is 5.62. The van der Waals surface area contributed by atoms with Crippen molar-refractivity contribution in [2.75, 3.05) is 42.6 Å². The molecule has 1 aliphatic carbocycles. The number of fused-ring (bicyclic) bond motifs is 2. The standard InChI is InChI=1S/C26H27N3O4/c1-2-32-26(31)16-8-7-13-29(15-16)19-14-20(28-11-5-6-12-28)23-22-21(19)24(30)17-9-3-4-10-18(17)25(22)33-27-23/h3-4,9-10,14,16H,2,5-8,11-13,15H2,1H3/t16-/m0/s1. The van der Waals surface area contributed by atoms with E-state index in [1.165, 1.54) is 0 Å². The number of benzene rings is 2. The van der Waals surface area contributed by atoms with Crippen LogP contribution in [-0.4, -0.2) is 49.7 Å². The van der Waals surface area contributed by atoms with Crippen LogP contribution in [0.2, 0.25) is 0 Å². The molecule has 0 spiro atoms. The molecule has 3 heterocycles. The molecule has 3 aliphatic rings. The highest BCUT2D eigenvalue weighted by Crippen LogP contribution is 2.47. The first kappa shape index (κ1) is 20.3. The molecule has 0 unspecified atom stereocenters. The van der Waals surface area contributed by atoms with Crippen molar-refractivity contribution in [3.8, 4) is 11.3 Å². The maximum absolute atomic E-state index is 13.8. The van der Waals surface area contributed by atoms with Gasteiger partial charge < -0.3 is 19.1 Å². The van der Waals surface area contributed by atoms with Crippen LogP contribution in [0.3, 0.4) is 0 Å². The Labute approximate surface area is 192 Å². The molecule has 33 heavy (non-hydrogen) atoms. The summed E-state index contributed by atoms with van der Waals surface area (Å²) in [6.07, 6.45) is 3.96. The number of esters is 1. The molecule has 2 saturated heterocycles. The van der Waals surface area contributed by atoms with Gasteiger partial charge in [-0.15, -0.1) is 0 Å². The number of rotatable bonds is 4. The highest BCUT2D eigenvalue weighted by atomic mass is 16.5. The number of nitrogens with zero attached hydrogens (tertiary/aromatic N) is 3. The first-order valence-electron chi connectivity index (χ1n) is 11.9. The van der Waals surface area contributed by atoms with E-state index in [1.54, 1.807) is 0 Å². The van der Waals surface area contributed by atoms with Crippen LogP contribution in [0.15, 0.2) is 34.9 Å². The van der Waals surface area contributed by atoms with Gasteiger partial charge in [0.15, 0.2) is 11.5 Å². The number of hydrogen-bond acceptors (Lipinski definition) is 7. The van der Waals surface area contributed by atoms with Crippen LogP contribution >= 0.6 is 0 Å². The van der Waals surface area contributed by atoms with Crippen molar-refractivity contribution in [1.82, 2.24) is 5.16 Å². The molecule has 7 nitrogen and oxygen atoms in total. The number of ether oxygens (including phenoxy) is 1. The summed E-state index contributed by atoms with van der Waals surface area (Å²) in [6, 6.07) is 9.69. The summed E-state index contributed by atoms with van der Waals surface area (Å²) < 4.78 is 11.2. The first-order valence-corrected chi connectivity index (χ1v) is 11.9. The number of piperidine rings is 1. The van der Waals surface area contributed by atoms with Crippen molar-refractivity contribution >= 4 is 34.0 Å². The van der Waals surface area contributed by atoms with Gasteiger partial charge in [0.1, 0.15) is 5.52 Å². The molecule has 6 rings (SSSR count). The predicted molar refractivity (Wildman–Crippen MR) is 126 cm³/mol. The summed E-state index contributed by atoms with van der Waals surface area (Å²) in [5.74, 6) is 0.313.